The van der Waals surface area contributed by atoms with E-state index < -0.39 is 6.04 Å². The minimum absolute atomic E-state index is 0.0396. The molecule has 0 aliphatic carbocycles. The van der Waals surface area contributed by atoms with Gasteiger partial charge >= 0.3 is 0 Å². The summed E-state index contributed by atoms with van der Waals surface area (Å²) in [6.07, 6.45) is 0. The predicted octanol–water partition coefficient (Wildman–Crippen LogP) is 1.34. The molecule has 0 aromatic heterocycles. The molecule has 4 N–H and O–H groups in total. The maximum absolute atomic E-state index is 11.7. The van der Waals surface area contributed by atoms with Gasteiger partial charge in [-0.05, 0) is 43.0 Å². The van der Waals surface area contributed by atoms with Crippen molar-refractivity contribution in [3.63, 3.8) is 0 Å². The molecule has 110 valence electrons. The van der Waals surface area contributed by atoms with E-state index in [4.69, 9.17) is 5.73 Å². The minimum Gasteiger partial charge on any atom is -0.346 e. The van der Waals surface area contributed by atoms with Crippen LogP contribution < -0.4 is 16.4 Å². The number of anilines is 1. The van der Waals surface area contributed by atoms with Crippen LogP contribution in [0.15, 0.2) is 18.2 Å². The van der Waals surface area contributed by atoms with Crippen LogP contribution in [0.1, 0.15) is 25.0 Å². The monoisotopic (exact) mass is 277 g/mol. The molecule has 0 aliphatic rings. The summed E-state index contributed by atoms with van der Waals surface area (Å²) >= 11 is 0. The third-order valence-electron chi connectivity index (χ3n) is 3.23. The van der Waals surface area contributed by atoms with E-state index in [1.807, 2.05) is 45.9 Å². The quantitative estimate of drug-likeness (QED) is 0.759. The van der Waals surface area contributed by atoms with E-state index in [1.54, 1.807) is 0 Å². The first kappa shape index (κ1) is 16.2. The number of hydrogen-bond acceptors (Lipinski definition) is 3. The Bertz CT molecular complexity index is 498. The van der Waals surface area contributed by atoms with Gasteiger partial charge in [0.2, 0.25) is 11.8 Å². The van der Waals surface area contributed by atoms with Crippen LogP contribution in [0, 0.1) is 19.8 Å². The minimum atomic E-state index is -0.593. The zero-order valence-corrected chi connectivity index (χ0v) is 12.5. The Morgan fingerprint density at radius 3 is 2.40 bits per heavy atom. The van der Waals surface area contributed by atoms with Crippen LogP contribution in [0.5, 0.6) is 0 Å². The Morgan fingerprint density at radius 1 is 1.20 bits per heavy atom. The zero-order valence-electron chi connectivity index (χ0n) is 12.5. The fourth-order valence-corrected chi connectivity index (χ4v) is 1.61. The lowest BCUT2D eigenvalue weighted by Gasteiger charge is -2.15. The molecule has 1 rings (SSSR count). The number of amides is 2. The molecule has 0 unspecified atom stereocenters. The van der Waals surface area contributed by atoms with E-state index >= 15 is 0 Å². The summed E-state index contributed by atoms with van der Waals surface area (Å²) in [5.41, 5.74) is 8.69. The van der Waals surface area contributed by atoms with Crippen molar-refractivity contribution in [1.82, 2.24) is 5.32 Å². The number of aryl methyl sites for hydroxylation is 2. The molecule has 0 saturated carbocycles. The van der Waals surface area contributed by atoms with Crippen LogP contribution in [-0.4, -0.2) is 24.4 Å². The van der Waals surface area contributed by atoms with Crippen molar-refractivity contribution in [3.8, 4) is 0 Å². The first-order chi connectivity index (χ1) is 9.31. The van der Waals surface area contributed by atoms with Crippen LogP contribution in [0.2, 0.25) is 0 Å². The molecule has 5 heteroatoms. The largest absolute Gasteiger partial charge is 0.346 e. The van der Waals surface area contributed by atoms with Crippen molar-refractivity contribution in [2.45, 2.75) is 33.7 Å². The second-order valence-electron chi connectivity index (χ2n) is 5.33. The molecule has 0 bridgehead atoms. The van der Waals surface area contributed by atoms with Crippen LogP contribution in [0.4, 0.5) is 5.69 Å². The third kappa shape index (κ3) is 4.66. The number of carbonyl (C=O) groups is 2. The number of hydrogen-bond donors (Lipinski definition) is 3. The van der Waals surface area contributed by atoms with Gasteiger partial charge in [0.25, 0.3) is 0 Å². The predicted molar refractivity (Wildman–Crippen MR) is 80.4 cm³/mol. The highest BCUT2D eigenvalue weighted by atomic mass is 16.2. The summed E-state index contributed by atoms with van der Waals surface area (Å²) < 4.78 is 0. The molecule has 0 radical (unpaired) electrons. The maximum Gasteiger partial charge on any atom is 0.243 e. The van der Waals surface area contributed by atoms with Crippen LogP contribution in [0.25, 0.3) is 0 Å². The Labute approximate surface area is 119 Å². The van der Waals surface area contributed by atoms with Gasteiger partial charge in [-0.25, -0.2) is 0 Å². The fourth-order valence-electron chi connectivity index (χ4n) is 1.61. The highest BCUT2D eigenvalue weighted by Gasteiger charge is 2.17. The first-order valence-corrected chi connectivity index (χ1v) is 6.71. The maximum atomic E-state index is 11.7. The van der Waals surface area contributed by atoms with E-state index in [9.17, 15) is 9.59 Å². The average Bonchev–Trinajstić information content (AvgIpc) is 2.39. The van der Waals surface area contributed by atoms with E-state index in [0.29, 0.717) is 0 Å². The molecule has 2 amide bonds. The van der Waals surface area contributed by atoms with Crippen LogP contribution in [0.3, 0.4) is 0 Å². The van der Waals surface area contributed by atoms with Gasteiger partial charge in [0.1, 0.15) is 0 Å². The molecule has 0 fully saturated rings. The Kier molecular flexibility index (Phi) is 5.70. The van der Waals surface area contributed by atoms with Gasteiger partial charge in [-0.3, -0.25) is 9.59 Å². The summed E-state index contributed by atoms with van der Waals surface area (Å²) in [6.45, 7) is 7.63. The van der Waals surface area contributed by atoms with Crippen molar-refractivity contribution in [2.75, 3.05) is 11.9 Å². The number of rotatable bonds is 5. The lowest BCUT2D eigenvalue weighted by Crippen LogP contribution is -2.46. The number of benzene rings is 1. The van der Waals surface area contributed by atoms with Crippen molar-refractivity contribution in [2.24, 2.45) is 11.7 Å². The van der Waals surface area contributed by atoms with E-state index in [1.165, 1.54) is 5.56 Å². The number of nitrogens with two attached hydrogens (primary N) is 1. The summed E-state index contributed by atoms with van der Waals surface area (Å²) in [6, 6.07) is 5.08. The molecule has 0 saturated heterocycles. The molecule has 5 nitrogen and oxygen atoms in total. The van der Waals surface area contributed by atoms with Gasteiger partial charge in [0, 0.05) is 5.69 Å². The Hall–Kier alpha value is -1.88. The molecule has 1 atom stereocenters. The standard InChI is InChI=1S/C15H23N3O2/c1-9(2)14(16)15(20)17-8-13(19)18-12-6-5-10(3)11(4)7-12/h5-7,9,14H,8,16H2,1-4H3,(H,17,20)(H,18,19)/t14-/m0/s1. The molecule has 1 aromatic rings. The van der Waals surface area contributed by atoms with Gasteiger partial charge in [-0.15, -0.1) is 0 Å². The van der Waals surface area contributed by atoms with E-state index in [0.717, 1.165) is 11.3 Å². The van der Waals surface area contributed by atoms with Crippen molar-refractivity contribution in [1.29, 1.82) is 0 Å². The highest BCUT2D eigenvalue weighted by molar-refractivity contribution is 5.95. The van der Waals surface area contributed by atoms with E-state index in [-0.39, 0.29) is 24.3 Å². The van der Waals surface area contributed by atoms with Gasteiger partial charge in [0.05, 0.1) is 12.6 Å². The van der Waals surface area contributed by atoms with Gasteiger partial charge in [0.15, 0.2) is 0 Å². The van der Waals surface area contributed by atoms with Gasteiger partial charge in [-0.2, -0.15) is 0 Å². The first-order valence-electron chi connectivity index (χ1n) is 6.71. The Balaban J connectivity index is 2.48. The van der Waals surface area contributed by atoms with Crippen LogP contribution in [-0.2, 0) is 9.59 Å². The number of carbonyl (C=O) groups excluding carboxylic acids is 2. The molecule has 0 aliphatic heterocycles. The second kappa shape index (κ2) is 7.05. The molecule has 20 heavy (non-hydrogen) atoms. The third-order valence-corrected chi connectivity index (χ3v) is 3.23. The summed E-state index contributed by atoms with van der Waals surface area (Å²) in [5.74, 6) is -0.536. The molecule has 1 aromatic carbocycles. The Morgan fingerprint density at radius 2 is 1.85 bits per heavy atom. The molecule has 0 heterocycles. The lowest BCUT2D eigenvalue weighted by atomic mass is 10.1. The summed E-state index contributed by atoms with van der Waals surface area (Å²) in [7, 11) is 0. The van der Waals surface area contributed by atoms with Crippen LogP contribution >= 0.6 is 0 Å². The fraction of sp³-hybridized carbons (Fsp3) is 0.467. The van der Waals surface area contributed by atoms with Gasteiger partial charge in [-0.1, -0.05) is 19.9 Å². The highest BCUT2D eigenvalue weighted by Crippen LogP contribution is 2.13. The lowest BCUT2D eigenvalue weighted by molar-refractivity contribution is -0.125. The molecular weight excluding hydrogens is 254 g/mol. The average molecular weight is 277 g/mol. The normalized spacial score (nSPS) is 12.1. The number of nitrogens with one attached hydrogen (secondary N) is 2. The molecular formula is C15H23N3O2. The smallest absolute Gasteiger partial charge is 0.243 e. The van der Waals surface area contributed by atoms with Crippen molar-refractivity contribution < 1.29 is 9.59 Å². The summed E-state index contributed by atoms with van der Waals surface area (Å²) in [4.78, 5) is 23.4. The second-order valence-corrected chi connectivity index (χ2v) is 5.33. The van der Waals surface area contributed by atoms with Gasteiger partial charge < -0.3 is 16.4 Å². The summed E-state index contributed by atoms with van der Waals surface area (Å²) in [5, 5.41) is 5.27. The van der Waals surface area contributed by atoms with Crippen molar-refractivity contribution in [3.05, 3.63) is 29.3 Å². The SMILES string of the molecule is Cc1ccc(NC(=O)CNC(=O)[C@@H](N)C(C)C)cc1C. The van der Waals surface area contributed by atoms with E-state index in [2.05, 4.69) is 10.6 Å². The zero-order chi connectivity index (χ0) is 15.3. The topological polar surface area (TPSA) is 84.2 Å². The van der Waals surface area contributed by atoms with Crippen molar-refractivity contribution >= 4 is 17.5 Å². The molecule has 0 spiro atoms.